The molecule has 0 heterocycles. The minimum atomic E-state index is -0.257. The summed E-state index contributed by atoms with van der Waals surface area (Å²) in [5, 5.41) is 9.78. The van der Waals surface area contributed by atoms with Gasteiger partial charge in [0.1, 0.15) is 11.5 Å². The van der Waals surface area contributed by atoms with Crippen LogP contribution in [0.3, 0.4) is 0 Å². The van der Waals surface area contributed by atoms with Crippen molar-refractivity contribution < 1.29 is 14.6 Å². The van der Waals surface area contributed by atoms with E-state index in [4.69, 9.17) is 9.47 Å². The summed E-state index contributed by atoms with van der Waals surface area (Å²) >= 11 is 0. The first kappa shape index (κ1) is 13.8. The van der Waals surface area contributed by atoms with Gasteiger partial charge in [-0.15, -0.1) is 0 Å². The van der Waals surface area contributed by atoms with Crippen LogP contribution in [0.1, 0.15) is 25.8 Å². The zero-order valence-corrected chi connectivity index (χ0v) is 11.1. The van der Waals surface area contributed by atoms with Crippen LogP contribution in [0.15, 0.2) is 18.2 Å². The van der Waals surface area contributed by atoms with Gasteiger partial charge in [0.25, 0.3) is 0 Å². The lowest BCUT2D eigenvalue weighted by molar-refractivity contribution is 0.116. The van der Waals surface area contributed by atoms with E-state index < -0.39 is 0 Å². The van der Waals surface area contributed by atoms with E-state index >= 15 is 0 Å². The largest absolute Gasteiger partial charge is 0.497 e. The Morgan fingerprint density at radius 3 is 2.00 bits per heavy atom. The Bertz CT molecular complexity index is 325. The van der Waals surface area contributed by atoms with Gasteiger partial charge in [-0.2, -0.15) is 0 Å². The van der Waals surface area contributed by atoms with Crippen molar-refractivity contribution in [1.29, 1.82) is 0 Å². The molecule has 96 valence electrons. The van der Waals surface area contributed by atoms with Crippen LogP contribution in [0.5, 0.6) is 11.5 Å². The molecular formula is C14H22O3. The maximum atomic E-state index is 9.78. The molecule has 0 saturated heterocycles. The number of benzene rings is 1. The summed E-state index contributed by atoms with van der Waals surface area (Å²) < 4.78 is 10.4. The molecule has 0 aromatic heterocycles. The lowest BCUT2D eigenvalue weighted by Crippen LogP contribution is -2.15. The highest BCUT2D eigenvalue weighted by Crippen LogP contribution is 2.24. The molecule has 0 aliphatic rings. The molecule has 3 nitrogen and oxygen atoms in total. The highest BCUT2D eigenvalue weighted by Gasteiger charge is 2.10. The zero-order valence-electron chi connectivity index (χ0n) is 11.1. The van der Waals surface area contributed by atoms with Crippen molar-refractivity contribution in [2.24, 2.45) is 5.92 Å². The van der Waals surface area contributed by atoms with Crippen LogP contribution in [0.25, 0.3) is 0 Å². The lowest BCUT2D eigenvalue weighted by atomic mass is 9.99. The summed E-state index contributed by atoms with van der Waals surface area (Å²) in [6.45, 7) is 4.05. The second-order valence-corrected chi connectivity index (χ2v) is 4.57. The first-order valence-corrected chi connectivity index (χ1v) is 5.96. The molecule has 17 heavy (non-hydrogen) atoms. The second-order valence-electron chi connectivity index (χ2n) is 4.57. The Hall–Kier alpha value is -1.22. The van der Waals surface area contributed by atoms with E-state index in [2.05, 4.69) is 0 Å². The van der Waals surface area contributed by atoms with Gasteiger partial charge in [-0.25, -0.2) is 0 Å². The highest BCUT2D eigenvalue weighted by molar-refractivity contribution is 5.38. The number of methoxy groups -OCH3 is 2. The fourth-order valence-corrected chi connectivity index (χ4v) is 1.66. The van der Waals surface area contributed by atoms with E-state index in [1.165, 1.54) is 0 Å². The Kier molecular flexibility index (Phi) is 5.29. The number of hydrogen-bond acceptors (Lipinski definition) is 3. The van der Waals surface area contributed by atoms with Gasteiger partial charge >= 0.3 is 0 Å². The van der Waals surface area contributed by atoms with E-state index in [1.807, 2.05) is 32.0 Å². The third kappa shape index (κ3) is 4.27. The van der Waals surface area contributed by atoms with E-state index in [0.717, 1.165) is 29.9 Å². The predicted molar refractivity (Wildman–Crippen MR) is 68.7 cm³/mol. The molecule has 0 fully saturated rings. The average Bonchev–Trinajstić information content (AvgIpc) is 2.35. The number of aryl methyl sites for hydroxylation is 1. The molecule has 1 aromatic carbocycles. The van der Waals surface area contributed by atoms with Crippen LogP contribution >= 0.6 is 0 Å². The standard InChI is InChI=1S/C14H22O3/c1-10(2)14(15)6-5-11-7-12(16-3)9-13(8-11)17-4/h7-10,14-15H,5-6H2,1-4H3. The number of hydrogen-bond donors (Lipinski definition) is 1. The van der Waals surface area contributed by atoms with Gasteiger partial charge in [-0.3, -0.25) is 0 Å². The molecule has 1 aromatic rings. The summed E-state index contributed by atoms with van der Waals surface area (Å²) in [6, 6.07) is 5.81. The van der Waals surface area contributed by atoms with Crippen LogP contribution in [0.4, 0.5) is 0 Å². The molecule has 0 bridgehead atoms. The minimum absolute atomic E-state index is 0.257. The molecule has 0 radical (unpaired) electrons. The van der Waals surface area contributed by atoms with Gasteiger partial charge in [0, 0.05) is 6.07 Å². The Labute approximate surface area is 103 Å². The number of aliphatic hydroxyl groups excluding tert-OH is 1. The van der Waals surface area contributed by atoms with Crippen molar-refractivity contribution in [3.05, 3.63) is 23.8 Å². The molecule has 0 saturated carbocycles. The quantitative estimate of drug-likeness (QED) is 0.828. The summed E-state index contributed by atoms with van der Waals surface area (Å²) in [7, 11) is 3.28. The third-order valence-corrected chi connectivity index (χ3v) is 2.91. The SMILES string of the molecule is COc1cc(CCC(O)C(C)C)cc(OC)c1. The van der Waals surface area contributed by atoms with Gasteiger partial charge in [0.15, 0.2) is 0 Å². The van der Waals surface area contributed by atoms with E-state index in [-0.39, 0.29) is 6.10 Å². The third-order valence-electron chi connectivity index (χ3n) is 2.91. The van der Waals surface area contributed by atoms with Gasteiger partial charge in [0.2, 0.25) is 0 Å². The van der Waals surface area contributed by atoms with Crippen LogP contribution < -0.4 is 9.47 Å². The van der Waals surface area contributed by atoms with E-state index in [0.29, 0.717) is 5.92 Å². The zero-order chi connectivity index (χ0) is 12.8. The van der Waals surface area contributed by atoms with Crippen LogP contribution in [0.2, 0.25) is 0 Å². The topological polar surface area (TPSA) is 38.7 Å². The molecular weight excluding hydrogens is 216 g/mol. The van der Waals surface area contributed by atoms with Gasteiger partial charge in [-0.05, 0) is 36.5 Å². The molecule has 0 spiro atoms. The Morgan fingerprint density at radius 2 is 1.59 bits per heavy atom. The second kappa shape index (κ2) is 6.50. The molecule has 1 N–H and O–H groups in total. The van der Waals surface area contributed by atoms with E-state index in [9.17, 15) is 5.11 Å². The van der Waals surface area contributed by atoms with E-state index in [1.54, 1.807) is 14.2 Å². The molecule has 1 unspecified atom stereocenters. The average molecular weight is 238 g/mol. The van der Waals surface area contributed by atoms with Crippen molar-refractivity contribution in [3.8, 4) is 11.5 Å². The molecule has 1 rings (SSSR count). The number of ether oxygens (including phenoxy) is 2. The van der Waals surface area contributed by atoms with Crippen molar-refractivity contribution >= 4 is 0 Å². The summed E-state index contributed by atoms with van der Waals surface area (Å²) in [6.07, 6.45) is 1.33. The van der Waals surface area contributed by atoms with Crippen molar-refractivity contribution in [2.45, 2.75) is 32.8 Å². The Balaban J connectivity index is 2.70. The van der Waals surface area contributed by atoms with Gasteiger partial charge in [-0.1, -0.05) is 13.8 Å². The number of rotatable bonds is 6. The maximum absolute atomic E-state index is 9.78. The van der Waals surface area contributed by atoms with Crippen molar-refractivity contribution in [3.63, 3.8) is 0 Å². The molecule has 0 aliphatic carbocycles. The summed E-state index contributed by atoms with van der Waals surface area (Å²) in [5.41, 5.74) is 1.13. The van der Waals surface area contributed by atoms with Crippen molar-refractivity contribution in [1.82, 2.24) is 0 Å². The van der Waals surface area contributed by atoms with Crippen LogP contribution in [-0.4, -0.2) is 25.4 Å². The Morgan fingerprint density at radius 1 is 1.06 bits per heavy atom. The fourth-order valence-electron chi connectivity index (χ4n) is 1.66. The monoisotopic (exact) mass is 238 g/mol. The predicted octanol–water partition coefficient (Wildman–Crippen LogP) is 2.65. The highest BCUT2D eigenvalue weighted by atomic mass is 16.5. The molecule has 0 amide bonds. The first-order valence-electron chi connectivity index (χ1n) is 5.96. The van der Waals surface area contributed by atoms with Crippen molar-refractivity contribution in [2.75, 3.05) is 14.2 Å². The normalized spacial score (nSPS) is 12.6. The molecule has 1 atom stereocenters. The first-order chi connectivity index (χ1) is 8.06. The van der Waals surface area contributed by atoms with Crippen LogP contribution in [0, 0.1) is 5.92 Å². The maximum Gasteiger partial charge on any atom is 0.122 e. The molecule has 0 aliphatic heterocycles. The summed E-state index contributed by atoms with van der Waals surface area (Å²) in [5.74, 6) is 1.87. The minimum Gasteiger partial charge on any atom is -0.497 e. The number of aliphatic hydroxyl groups is 1. The van der Waals surface area contributed by atoms with Crippen LogP contribution in [-0.2, 0) is 6.42 Å². The fraction of sp³-hybridized carbons (Fsp3) is 0.571. The lowest BCUT2D eigenvalue weighted by Gasteiger charge is -2.14. The van der Waals surface area contributed by atoms with Gasteiger partial charge in [0.05, 0.1) is 20.3 Å². The van der Waals surface area contributed by atoms with Gasteiger partial charge < -0.3 is 14.6 Å². The molecule has 3 heteroatoms. The summed E-state index contributed by atoms with van der Waals surface area (Å²) in [4.78, 5) is 0. The smallest absolute Gasteiger partial charge is 0.122 e.